The molecule has 0 fully saturated rings. The van der Waals surface area contributed by atoms with E-state index in [1.807, 2.05) is 6.92 Å². The summed E-state index contributed by atoms with van der Waals surface area (Å²) in [4.78, 5) is 14.7. The Morgan fingerprint density at radius 2 is 2.00 bits per heavy atom. The molecule has 96 valence electrons. The van der Waals surface area contributed by atoms with Crippen LogP contribution in [0.5, 0.6) is 11.5 Å². The molecule has 0 radical (unpaired) electrons. The molecule has 0 saturated heterocycles. The summed E-state index contributed by atoms with van der Waals surface area (Å²) in [6, 6.07) is 3.56. The molecule has 0 bridgehead atoms. The highest BCUT2D eigenvalue weighted by Gasteiger charge is 2.13. The molecule has 1 aromatic heterocycles. The van der Waals surface area contributed by atoms with Crippen molar-refractivity contribution in [1.82, 2.24) is 4.98 Å². The van der Waals surface area contributed by atoms with E-state index in [-0.39, 0.29) is 12.1 Å². The van der Waals surface area contributed by atoms with Gasteiger partial charge in [0, 0.05) is 29.6 Å². The van der Waals surface area contributed by atoms with E-state index in [9.17, 15) is 4.79 Å². The molecule has 2 rings (SSSR count). The summed E-state index contributed by atoms with van der Waals surface area (Å²) in [6.45, 7) is 2.07. The number of aryl methyl sites for hydroxylation is 1. The van der Waals surface area contributed by atoms with Crippen molar-refractivity contribution in [3.8, 4) is 11.5 Å². The van der Waals surface area contributed by atoms with Crippen LogP contribution in [0.3, 0.4) is 0 Å². The highest BCUT2D eigenvalue weighted by molar-refractivity contribution is 5.90. The van der Waals surface area contributed by atoms with Gasteiger partial charge in [-0.2, -0.15) is 0 Å². The van der Waals surface area contributed by atoms with Gasteiger partial charge in [-0.05, 0) is 12.5 Å². The average Bonchev–Trinajstić information content (AvgIpc) is 2.37. The molecule has 1 heterocycles. The number of H-pyrrole nitrogens is 1. The maximum absolute atomic E-state index is 11.9. The van der Waals surface area contributed by atoms with Gasteiger partial charge in [0.2, 0.25) is 0 Å². The summed E-state index contributed by atoms with van der Waals surface area (Å²) in [7, 11) is 3.15. The Hall–Kier alpha value is -2.01. The lowest BCUT2D eigenvalue weighted by atomic mass is 10.0. The Balaban J connectivity index is 2.92. The number of hydrogen-bond donors (Lipinski definition) is 2. The highest BCUT2D eigenvalue weighted by atomic mass is 16.5. The summed E-state index contributed by atoms with van der Waals surface area (Å²) in [5.41, 5.74) is 7.54. The number of nitrogens with one attached hydrogen (secondary N) is 1. The van der Waals surface area contributed by atoms with Crippen molar-refractivity contribution in [3.63, 3.8) is 0 Å². The maximum atomic E-state index is 11.9. The first kappa shape index (κ1) is 12.4. The van der Waals surface area contributed by atoms with Gasteiger partial charge in [0.15, 0.2) is 0 Å². The zero-order valence-electron chi connectivity index (χ0n) is 10.7. The van der Waals surface area contributed by atoms with Gasteiger partial charge in [0.1, 0.15) is 11.5 Å². The molecular weight excluding hydrogens is 232 g/mol. The van der Waals surface area contributed by atoms with E-state index < -0.39 is 0 Å². The third-order valence-corrected chi connectivity index (χ3v) is 3.09. The smallest absolute Gasteiger partial charge is 0.253 e. The molecule has 2 aromatic rings. The second kappa shape index (κ2) is 4.70. The number of benzene rings is 1. The van der Waals surface area contributed by atoms with Crippen LogP contribution < -0.4 is 20.8 Å². The molecule has 0 saturated carbocycles. The van der Waals surface area contributed by atoms with E-state index in [2.05, 4.69) is 4.98 Å². The van der Waals surface area contributed by atoms with Gasteiger partial charge in [-0.15, -0.1) is 0 Å². The zero-order chi connectivity index (χ0) is 13.3. The van der Waals surface area contributed by atoms with E-state index in [4.69, 9.17) is 15.2 Å². The van der Waals surface area contributed by atoms with Crippen LogP contribution in [-0.2, 0) is 6.54 Å². The number of rotatable bonds is 3. The molecular formula is C13H16N2O3. The fourth-order valence-electron chi connectivity index (χ4n) is 2.12. The van der Waals surface area contributed by atoms with Crippen molar-refractivity contribution in [2.75, 3.05) is 14.2 Å². The Labute approximate surface area is 105 Å². The van der Waals surface area contributed by atoms with E-state index in [1.54, 1.807) is 26.4 Å². The Bertz CT molecular complexity index is 647. The van der Waals surface area contributed by atoms with Crippen LogP contribution in [0.15, 0.2) is 16.9 Å². The number of aromatic amines is 1. The molecule has 0 aliphatic carbocycles. The van der Waals surface area contributed by atoms with Crippen LogP contribution >= 0.6 is 0 Å². The van der Waals surface area contributed by atoms with Gasteiger partial charge in [0.05, 0.1) is 19.7 Å². The minimum absolute atomic E-state index is 0.169. The fourth-order valence-corrected chi connectivity index (χ4v) is 2.12. The monoisotopic (exact) mass is 248 g/mol. The third-order valence-electron chi connectivity index (χ3n) is 3.09. The van der Waals surface area contributed by atoms with Crippen LogP contribution in [0.1, 0.15) is 11.1 Å². The number of aromatic nitrogens is 1. The van der Waals surface area contributed by atoms with Crippen LogP contribution in [-0.4, -0.2) is 19.2 Å². The van der Waals surface area contributed by atoms with Crippen LogP contribution in [0.4, 0.5) is 0 Å². The summed E-state index contributed by atoms with van der Waals surface area (Å²) in [6.07, 6.45) is 0. The highest BCUT2D eigenvalue weighted by Crippen LogP contribution is 2.32. The second-order valence-corrected chi connectivity index (χ2v) is 4.01. The summed E-state index contributed by atoms with van der Waals surface area (Å²) >= 11 is 0. The first-order valence-electron chi connectivity index (χ1n) is 5.60. The molecule has 0 unspecified atom stereocenters. The van der Waals surface area contributed by atoms with Gasteiger partial charge in [-0.25, -0.2) is 0 Å². The van der Waals surface area contributed by atoms with Gasteiger partial charge in [-0.1, -0.05) is 0 Å². The van der Waals surface area contributed by atoms with Gasteiger partial charge < -0.3 is 20.2 Å². The molecule has 0 aliphatic rings. The van der Waals surface area contributed by atoms with Gasteiger partial charge >= 0.3 is 0 Å². The zero-order valence-corrected chi connectivity index (χ0v) is 10.7. The quantitative estimate of drug-likeness (QED) is 0.858. The first-order valence-corrected chi connectivity index (χ1v) is 5.60. The molecule has 5 nitrogen and oxygen atoms in total. The maximum Gasteiger partial charge on any atom is 0.253 e. The largest absolute Gasteiger partial charge is 0.497 e. The van der Waals surface area contributed by atoms with Crippen molar-refractivity contribution >= 4 is 10.9 Å². The molecule has 0 amide bonds. The number of methoxy groups -OCH3 is 2. The number of hydrogen-bond acceptors (Lipinski definition) is 4. The van der Waals surface area contributed by atoms with Crippen LogP contribution in [0.25, 0.3) is 10.9 Å². The van der Waals surface area contributed by atoms with Crippen molar-refractivity contribution in [3.05, 3.63) is 33.6 Å². The normalized spacial score (nSPS) is 10.7. The molecule has 0 spiro atoms. The standard InChI is InChI=1S/C13H16N2O3/c1-7-9(6-14)13(16)15-10-4-8(17-2)5-11(18-3)12(7)10/h4-5H,6,14H2,1-3H3,(H,15,16). The predicted octanol–water partition coefficient (Wildman–Crippen LogP) is 1.31. The van der Waals surface area contributed by atoms with E-state index >= 15 is 0 Å². The minimum Gasteiger partial charge on any atom is -0.497 e. The lowest BCUT2D eigenvalue weighted by molar-refractivity contribution is 0.397. The molecule has 0 atom stereocenters. The van der Waals surface area contributed by atoms with E-state index in [1.165, 1.54) is 0 Å². The van der Waals surface area contributed by atoms with Crippen molar-refractivity contribution in [1.29, 1.82) is 0 Å². The third kappa shape index (κ3) is 1.82. The molecule has 18 heavy (non-hydrogen) atoms. The molecule has 1 aromatic carbocycles. The van der Waals surface area contributed by atoms with E-state index in [0.717, 1.165) is 10.9 Å². The van der Waals surface area contributed by atoms with Crippen LogP contribution in [0.2, 0.25) is 0 Å². The lowest BCUT2D eigenvalue weighted by Gasteiger charge is -2.12. The second-order valence-electron chi connectivity index (χ2n) is 4.01. The van der Waals surface area contributed by atoms with Gasteiger partial charge in [-0.3, -0.25) is 4.79 Å². The number of pyridine rings is 1. The predicted molar refractivity (Wildman–Crippen MR) is 70.3 cm³/mol. The number of nitrogens with two attached hydrogens (primary N) is 1. The first-order chi connectivity index (χ1) is 8.62. The van der Waals surface area contributed by atoms with Crippen LogP contribution in [0, 0.1) is 6.92 Å². The van der Waals surface area contributed by atoms with Gasteiger partial charge in [0.25, 0.3) is 5.56 Å². The molecule has 3 N–H and O–H groups in total. The Morgan fingerprint density at radius 1 is 1.28 bits per heavy atom. The topological polar surface area (TPSA) is 77.3 Å². The van der Waals surface area contributed by atoms with Crippen molar-refractivity contribution in [2.45, 2.75) is 13.5 Å². The van der Waals surface area contributed by atoms with Crippen molar-refractivity contribution in [2.24, 2.45) is 5.73 Å². The van der Waals surface area contributed by atoms with E-state index in [0.29, 0.717) is 22.6 Å². The number of ether oxygens (including phenoxy) is 2. The van der Waals surface area contributed by atoms with Crippen molar-refractivity contribution < 1.29 is 9.47 Å². The Morgan fingerprint density at radius 3 is 2.56 bits per heavy atom. The number of fused-ring (bicyclic) bond motifs is 1. The SMILES string of the molecule is COc1cc(OC)c2c(C)c(CN)c(=O)[nH]c2c1. The average molecular weight is 248 g/mol. The molecule has 0 aliphatic heterocycles. The molecule has 5 heteroatoms. The minimum atomic E-state index is -0.169. The Kier molecular flexibility index (Phi) is 3.25. The lowest BCUT2D eigenvalue weighted by Crippen LogP contribution is -2.18. The fraction of sp³-hybridized carbons (Fsp3) is 0.308. The summed E-state index contributed by atoms with van der Waals surface area (Å²) < 4.78 is 10.5. The summed E-state index contributed by atoms with van der Waals surface area (Å²) in [5, 5.41) is 0.860. The summed E-state index contributed by atoms with van der Waals surface area (Å²) in [5.74, 6) is 1.29.